The molecule has 1 aliphatic rings. The summed E-state index contributed by atoms with van der Waals surface area (Å²) < 4.78 is 27.3. The molecule has 0 saturated carbocycles. The summed E-state index contributed by atoms with van der Waals surface area (Å²) in [6, 6.07) is 7.29. The molecule has 1 saturated heterocycles. The Morgan fingerprint density at radius 1 is 1.38 bits per heavy atom. The molecule has 1 aromatic rings. The highest BCUT2D eigenvalue weighted by Gasteiger charge is 2.25. The van der Waals surface area contributed by atoms with Gasteiger partial charge in [-0.2, -0.15) is 12.7 Å². The first-order valence-corrected chi connectivity index (χ1v) is 6.89. The molecule has 0 bridgehead atoms. The first-order valence-electron chi connectivity index (χ1n) is 5.08. The zero-order valence-electron chi connectivity index (χ0n) is 8.69. The van der Waals surface area contributed by atoms with Gasteiger partial charge in [-0.15, -0.1) is 0 Å². The summed E-state index contributed by atoms with van der Waals surface area (Å²) in [7, 11) is -3.31. The number of nitrogens with zero attached hydrogens (tertiary/aromatic N) is 1. The Balaban J connectivity index is 2.18. The fourth-order valence-electron chi connectivity index (χ4n) is 1.65. The molecule has 0 atom stereocenters. The van der Waals surface area contributed by atoms with Gasteiger partial charge < -0.3 is 0 Å². The average molecular weight is 261 g/mol. The zero-order valence-corrected chi connectivity index (χ0v) is 10.3. The van der Waals surface area contributed by atoms with E-state index in [-0.39, 0.29) is 0 Å². The summed E-state index contributed by atoms with van der Waals surface area (Å²) in [6.07, 6.45) is 0.823. The van der Waals surface area contributed by atoms with E-state index in [4.69, 9.17) is 11.6 Å². The molecule has 16 heavy (non-hydrogen) atoms. The van der Waals surface area contributed by atoms with Crippen LogP contribution in [0.15, 0.2) is 24.3 Å². The third-order valence-electron chi connectivity index (χ3n) is 2.51. The van der Waals surface area contributed by atoms with E-state index in [1.807, 2.05) is 18.2 Å². The molecule has 2 rings (SSSR count). The largest absolute Gasteiger partial charge is 0.279 e. The van der Waals surface area contributed by atoms with Gasteiger partial charge in [0.25, 0.3) is 10.2 Å². The van der Waals surface area contributed by atoms with Gasteiger partial charge in [0.1, 0.15) is 0 Å². The van der Waals surface area contributed by atoms with Crippen molar-refractivity contribution in [3.05, 3.63) is 34.9 Å². The minimum atomic E-state index is -3.31. The van der Waals surface area contributed by atoms with Gasteiger partial charge in [0.15, 0.2) is 0 Å². The van der Waals surface area contributed by atoms with E-state index in [0.717, 1.165) is 12.0 Å². The molecule has 88 valence electrons. The molecule has 4 nitrogen and oxygen atoms in total. The van der Waals surface area contributed by atoms with Crippen molar-refractivity contribution in [1.29, 1.82) is 0 Å². The van der Waals surface area contributed by atoms with Gasteiger partial charge in [-0.05, 0) is 18.1 Å². The fourth-order valence-corrected chi connectivity index (χ4v) is 3.11. The molecular weight excluding hydrogens is 248 g/mol. The SMILES string of the molecule is O=S1(=O)NCCCN1Cc1ccccc1Cl. The summed E-state index contributed by atoms with van der Waals surface area (Å²) >= 11 is 5.99. The highest BCUT2D eigenvalue weighted by atomic mass is 35.5. The van der Waals surface area contributed by atoms with E-state index in [9.17, 15) is 8.42 Å². The van der Waals surface area contributed by atoms with Crippen molar-refractivity contribution >= 4 is 21.8 Å². The Morgan fingerprint density at radius 3 is 2.81 bits per heavy atom. The Labute approximate surface area is 100 Å². The lowest BCUT2D eigenvalue weighted by atomic mass is 10.2. The third-order valence-corrected chi connectivity index (χ3v) is 4.44. The van der Waals surface area contributed by atoms with Crippen molar-refractivity contribution in [2.45, 2.75) is 13.0 Å². The highest BCUT2D eigenvalue weighted by Crippen LogP contribution is 2.19. The van der Waals surface area contributed by atoms with Crippen molar-refractivity contribution in [2.24, 2.45) is 0 Å². The smallest absolute Gasteiger partial charge is 0.202 e. The monoisotopic (exact) mass is 260 g/mol. The number of nitrogens with one attached hydrogen (secondary N) is 1. The van der Waals surface area contributed by atoms with E-state index in [0.29, 0.717) is 24.7 Å². The molecule has 6 heteroatoms. The molecule has 1 N–H and O–H groups in total. The maximum absolute atomic E-state index is 11.7. The number of hydrogen-bond acceptors (Lipinski definition) is 2. The van der Waals surface area contributed by atoms with Crippen LogP contribution in [-0.2, 0) is 16.8 Å². The molecule has 1 fully saturated rings. The third kappa shape index (κ3) is 2.55. The van der Waals surface area contributed by atoms with E-state index in [1.165, 1.54) is 4.31 Å². The van der Waals surface area contributed by atoms with Crippen molar-refractivity contribution in [3.63, 3.8) is 0 Å². The first kappa shape index (κ1) is 11.9. The van der Waals surface area contributed by atoms with E-state index >= 15 is 0 Å². The van der Waals surface area contributed by atoms with Crippen molar-refractivity contribution in [1.82, 2.24) is 9.03 Å². The minimum Gasteiger partial charge on any atom is -0.202 e. The number of rotatable bonds is 2. The maximum Gasteiger partial charge on any atom is 0.279 e. The lowest BCUT2D eigenvalue weighted by Crippen LogP contribution is -2.46. The molecular formula is C10H13ClN2O2S. The summed E-state index contributed by atoms with van der Waals surface area (Å²) in [5.41, 5.74) is 0.830. The van der Waals surface area contributed by atoms with Gasteiger partial charge in [0, 0.05) is 24.7 Å². The molecule has 0 unspecified atom stereocenters. The van der Waals surface area contributed by atoms with E-state index < -0.39 is 10.2 Å². The first-order chi connectivity index (χ1) is 7.59. The summed E-state index contributed by atoms with van der Waals surface area (Å²) in [4.78, 5) is 0. The predicted molar refractivity (Wildman–Crippen MR) is 63.4 cm³/mol. The van der Waals surface area contributed by atoms with Crippen LogP contribution in [0, 0.1) is 0 Å². The minimum absolute atomic E-state index is 0.328. The number of hydrogen-bond donors (Lipinski definition) is 1. The van der Waals surface area contributed by atoms with Gasteiger partial charge in [-0.1, -0.05) is 29.8 Å². The molecule has 0 radical (unpaired) electrons. The van der Waals surface area contributed by atoms with Crippen molar-refractivity contribution in [3.8, 4) is 0 Å². The second-order valence-electron chi connectivity index (χ2n) is 3.68. The van der Waals surface area contributed by atoms with Gasteiger partial charge in [-0.3, -0.25) is 0 Å². The van der Waals surface area contributed by atoms with Crippen LogP contribution in [0.2, 0.25) is 5.02 Å². The maximum atomic E-state index is 11.7. The van der Waals surface area contributed by atoms with Gasteiger partial charge in [-0.25, -0.2) is 4.72 Å². The summed E-state index contributed by atoms with van der Waals surface area (Å²) in [5.74, 6) is 0. The summed E-state index contributed by atoms with van der Waals surface area (Å²) in [6.45, 7) is 1.39. The van der Waals surface area contributed by atoms with Crippen LogP contribution in [0.4, 0.5) is 0 Å². The zero-order chi connectivity index (χ0) is 11.6. The highest BCUT2D eigenvalue weighted by molar-refractivity contribution is 7.87. The van der Waals surface area contributed by atoms with E-state index in [1.54, 1.807) is 6.07 Å². The second kappa shape index (κ2) is 4.71. The second-order valence-corrected chi connectivity index (χ2v) is 5.84. The van der Waals surface area contributed by atoms with Crippen LogP contribution >= 0.6 is 11.6 Å². The standard InChI is InChI=1S/C10H13ClN2O2S/c11-10-5-2-1-4-9(10)8-13-7-3-6-12-16(13,14)15/h1-2,4-5,12H,3,6-8H2. The van der Waals surface area contributed by atoms with Crippen LogP contribution in [0.5, 0.6) is 0 Å². The predicted octanol–water partition coefficient (Wildman–Crippen LogP) is 1.38. The molecule has 0 aromatic heterocycles. The Hall–Kier alpha value is -0.620. The Kier molecular flexibility index (Phi) is 3.49. The van der Waals surface area contributed by atoms with Gasteiger partial charge in [0.2, 0.25) is 0 Å². The molecule has 1 heterocycles. The topological polar surface area (TPSA) is 49.4 Å². The number of benzene rings is 1. The number of halogens is 1. The van der Waals surface area contributed by atoms with Gasteiger partial charge >= 0.3 is 0 Å². The van der Waals surface area contributed by atoms with Crippen LogP contribution in [-0.4, -0.2) is 25.8 Å². The lowest BCUT2D eigenvalue weighted by molar-refractivity contribution is 0.369. The fraction of sp³-hybridized carbons (Fsp3) is 0.400. The summed E-state index contributed by atoms with van der Waals surface area (Å²) in [5, 5.41) is 0.600. The lowest BCUT2D eigenvalue weighted by Gasteiger charge is -2.26. The van der Waals surface area contributed by atoms with Crippen LogP contribution < -0.4 is 4.72 Å². The molecule has 0 amide bonds. The average Bonchev–Trinajstić information content (AvgIpc) is 2.24. The molecule has 0 aliphatic carbocycles. The Bertz CT molecular complexity index is 475. The molecule has 0 spiro atoms. The van der Waals surface area contributed by atoms with Crippen molar-refractivity contribution in [2.75, 3.05) is 13.1 Å². The van der Waals surface area contributed by atoms with Crippen molar-refractivity contribution < 1.29 is 8.42 Å². The normalized spacial score (nSPS) is 20.8. The van der Waals surface area contributed by atoms with Crippen LogP contribution in [0.1, 0.15) is 12.0 Å². The van der Waals surface area contributed by atoms with Gasteiger partial charge in [0.05, 0.1) is 0 Å². The van der Waals surface area contributed by atoms with Crippen LogP contribution in [0.3, 0.4) is 0 Å². The quantitative estimate of drug-likeness (QED) is 0.873. The molecule has 1 aliphatic heterocycles. The van der Waals surface area contributed by atoms with Crippen LogP contribution in [0.25, 0.3) is 0 Å². The van der Waals surface area contributed by atoms with E-state index in [2.05, 4.69) is 4.72 Å². The molecule has 1 aromatic carbocycles. The Morgan fingerprint density at radius 2 is 2.12 bits per heavy atom.